The van der Waals surface area contributed by atoms with Gasteiger partial charge in [0, 0.05) is 16.8 Å². The van der Waals surface area contributed by atoms with Gasteiger partial charge in [0.1, 0.15) is 0 Å². The average Bonchev–Trinajstić information content (AvgIpc) is 3.32. The van der Waals surface area contributed by atoms with Crippen molar-refractivity contribution >= 4 is 40.5 Å². The number of hydrogen-bond donors (Lipinski definition) is 0. The largest absolute Gasteiger partial charge is 0.432 e. The average molecular weight is 564 g/mol. The van der Waals surface area contributed by atoms with E-state index in [1.807, 2.05) is 127 Å². The molecule has 5 aromatic carbocycles. The van der Waals surface area contributed by atoms with Crippen molar-refractivity contribution in [3.63, 3.8) is 0 Å². The van der Waals surface area contributed by atoms with E-state index in [2.05, 4.69) is 29.2 Å². The molecule has 2 aliphatic rings. The van der Waals surface area contributed by atoms with Gasteiger partial charge in [0.05, 0.1) is 16.3 Å². The highest BCUT2D eigenvalue weighted by molar-refractivity contribution is 8.04. The van der Waals surface area contributed by atoms with Gasteiger partial charge in [-0.05, 0) is 40.6 Å². The molecule has 0 aromatic heterocycles. The molecule has 0 aliphatic carbocycles. The lowest BCUT2D eigenvalue weighted by Gasteiger charge is -2.43. The smallest absolute Gasteiger partial charge is 0.381 e. The molecule has 0 amide bonds. The molecule has 1 fully saturated rings. The molecule has 2 aliphatic heterocycles. The van der Waals surface area contributed by atoms with Gasteiger partial charge in [0.2, 0.25) is 4.93 Å². The van der Waals surface area contributed by atoms with Gasteiger partial charge in [-0.2, -0.15) is 0 Å². The van der Waals surface area contributed by atoms with Gasteiger partial charge < -0.3 is 9.64 Å². The molecule has 42 heavy (non-hydrogen) atoms. The van der Waals surface area contributed by atoms with Crippen LogP contribution in [0.2, 0.25) is 0 Å². The lowest BCUT2D eigenvalue weighted by atomic mass is 9.92. The Labute approximate surface area is 248 Å². The fraction of sp³-hybridized carbons (Fsp3) is 0.0270. The van der Waals surface area contributed by atoms with Crippen LogP contribution in [0.1, 0.15) is 22.3 Å². The number of rotatable bonds is 5. The Hall–Kier alpha value is -5.13. The Morgan fingerprint density at radius 2 is 1.07 bits per heavy atom. The van der Waals surface area contributed by atoms with E-state index in [0.29, 0.717) is 11.3 Å². The van der Waals surface area contributed by atoms with Gasteiger partial charge >= 0.3 is 5.97 Å². The summed E-state index contributed by atoms with van der Waals surface area (Å²) in [5.41, 5.74) is 6.31. The number of ether oxygens (including phenoxy) is 1. The van der Waals surface area contributed by atoms with Crippen LogP contribution < -0.4 is 4.90 Å². The highest BCUT2D eigenvalue weighted by Crippen LogP contribution is 2.61. The van der Waals surface area contributed by atoms with Crippen LogP contribution in [0, 0.1) is 0 Å². The summed E-state index contributed by atoms with van der Waals surface area (Å²) in [6.45, 7) is 0. The Morgan fingerprint density at radius 1 is 0.595 bits per heavy atom. The highest BCUT2D eigenvalue weighted by atomic mass is 32.2. The summed E-state index contributed by atoms with van der Waals surface area (Å²) in [4.78, 5) is 27.9. The van der Waals surface area contributed by atoms with Gasteiger partial charge in [-0.1, -0.05) is 140 Å². The van der Waals surface area contributed by atoms with Crippen LogP contribution in [0.15, 0.2) is 162 Å². The highest BCUT2D eigenvalue weighted by Gasteiger charge is 2.59. The number of fused-ring (bicyclic) bond motifs is 1. The number of carbonyl (C=O) groups excluding carboxylic acids is 2. The number of para-hydroxylation sites is 1. The van der Waals surface area contributed by atoms with Crippen LogP contribution in [-0.2, 0) is 19.3 Å². The Balaban J connectivity index is 1.67. The summed E-state index contributed by atoms with van der Waals surface area (Å²) < 4.78 is 6.20. The van der Waals surface area contributed by atoms with Gasteiger partial charge in [-0.3, -0.25) is 4.79 Å². The van der Waals surface area contributed by atoms with Crippen molar-refractivity contribution in [1.82, 2.24) is 0 Å². The quantitative estimate of drug-likeness (QED) is 0.160. The number of anilines is 1. The molecule has 0 unspecified atom stereocenters. The topological polar surface area (TPSA) is 46.6 Å². The maximum atomic E-state index is 13.9. The molecular weight excluding hydrogens is 538 g/mol. The second kappa shape index (κ2) is 10.7. The Bertz CT molecular complexity index is 1800. The van der Waals surface area contributed by atoms with Crippen molar-refractivity contribution in [2.45, 2.75) is 4.93 Å². The van der Waals surface area contributed by atoms with Crippen molar-refractivity contribution in [2.75, 3.05) is 4.90 Å². The van der Waals surface area contributed by atoms with Gasteiger partial charge in [-0.25, -0.2) is 4.79 Å². The minimum atomic E-state index is -1.38. The zero-order valence-corrected chi connectivity index (χ0v) is 23.3. The fourth-order valence-corrected chi connectivity index (χ4v) is 7.17. The van der Waals surface area contributed by atoms with E-state index < -0.39 is 16.7 Å². The van der Waals surface area contributed by atoms with Crippen LogP contribution in [0.5, 0.6) is 0 Å². The second-order valence-electron chi connectivity index (χ2n) is 9.98. The number of thioether (sulfide) groups is 1. The van der Waals surface area contributed by atoms with Gasteiger partial charge in [-0.15, -0.1) is 0 Å². The summed E-state index contributed by atoms with van der Waals surface area (Å²) in [5.74, 6) is -1.49. The van der Waals surface area contributed by atoms with Gasteiger partial charge in [0.15, 0.2) is 0 Å². The van der Waals surface area contributed by atoms with E-state index in [9.17, 15) is 9.59 Å². The van der Waals surface area contributed by atoms with E-state index >= 15 is 0 Å². The van der Waals surface area contributed by atoms with Crippen molar-refractivity contribution in [2.24, 2.45) is 0 Å². The summed E-state index contributed by atoms with van der Waals surface area (Å²) in [6.07, 6.45) is 0. The first-order chi connectivity index (χ1) is 20.7. The molecule has 5 aromatic rings. The van der Waals surface area contributed by atoms with Crippen LogP contribution in [-0.4, -0.2) is 11.8 Å². The van der Waals surface area contributed by atoms with Crippen LogP contribution >= 0.6 is 11.8 Å². The number of ketones is 1. The predicted octanol–water partition coefficient (Wildman–Crippen LogP) is 8.05. The molecule has 4 nitrogen and oxygen atoms in total. The first-order valence-corrected chi connectivity index (χ1v) is 14.5. The van der Waals surface area contributed by atoms with E-state index in [0.717, 1.165) is 38.5 Å². The van der Waals surface area contributed by atoms with Crippen molar-refractivity contribution < 1.29 is 14.3 Å². The first kappa shape index (κ1) is 25.8. The molecule has 1 atom stereocenters. The van der Waals surface area contributed by atoms with E-state index in [1.165, 1.54) is 11.8 Å². The van der Waals surface area contributed by atoms with Crippen molar-refractivity contribution in [3.05, 3.63) is 185 Å². The number of esters is 1. The molecule has 0 N–H and O–H groups in total. The molecule has 7 rings (SSSR count). The molecule has 1 saturated heterocycles. The molecule has 5 heteroatoms. The number of nitrogens with zero attached hydrogens (tertiary/aromatic N) is 1. The zero-order chi connectivity index (χ0) is 28.5. The zero-order valence-electron chi connectivity index (χ0n) is 22.5. The van der Waals surface area contributed by atoms with Gasteiger partial charge in [0.25, 0.3) is 5.78 Å². The standard InChI is InChI=1S/C37H25NO3S/c39-34-32-33(28-20-10-3-11-21-28)38(30-24-14-5-15-25-30)35(42-37(32,41-36(34)40)29-22-12-4-13-23-29)31(26-16-6-1-7-17-26)27-18-8-2-9-19-27/h1-25H/t37-/m0/s1. The lowest BCUT2D eigenvalue weighted by molar-refractivity contribution is -0.150. The van der Waals surface area contributed by atoms with E-state index in [1.54, 1.807) is 0 Å². The number of Topliss-reactive ketones (excluding diaryl/α,β-unsaturated/α-hetero) is 1. The van der Waals surface area contributed by atoms with Crippen LogP contribution in [0.3, 0.4) is 0 Å². The summed E-state index contributed by atoms with van der Waals surface area (Å²) >= 11 is 1.39. The van der Waals surface area contributed by atoms with E-state index in [4.69, 9.17) is 4.74 Å². The maximum Gasteiger partial charge on any atom is 0.381 e. The summed E-state index contributed by atoms with van der Waals surface area (Å²) in [6, 6.07) is 49.7. The maximum absolute atomic E-state index is 13.9. The van der Waals surface area contributed by atoms with Crippen LogP contribution in [0.25, 0.3) is 11.3 Å². The molecule has 2 heterocycles. The van der Waals surface area contributed by atoms with Crippen LogP contribution in [0.4, 0.5) is 5.69 Å². The summed E-state index contributed by atoms with van der Waals surface area (Å²) in [7, 11) is 0. The molecular formula is C37H25NO3S. The third-order valence-corrected chi connectivity index (χ3v) is 8.83. The minimum absolute atomic E-state index is 0.322. The van der Waals surface area contributed by atoms with E-state index in [-0.39, 0.29) is 0 Å². The fourth-order valence-electron chi connectivity index (χ4n) is 5.61. The lowest BCUT2D eigenvalue weighted by Crippen LogP contribution is -2.37. The minimum Gasteiger partial charge on any atom is -0.432 e. The Kier molecular flexibility index (Phi) is 6.57. The number of benzene rings is 5. The predicted molar refractivity (Wildman–Crippen MR) is 168 cm³/mol. The third-order valence-electron chi connectivity index (χ3n) is 7.44. The first-order valence-electron chi connectivity index (χ1n) is 13.7. The monoisotopic (exact) mass is 563 g/mol. The molecule has 0 spiro atoms. The Morgan fingerprint density at radius 3 is 1.62 bits per heavy atom. The molecule has 202 valence electrons. The summed E-state index contributed by atoms with van der Waals surface area (Å²) in [5, 5.41) is 0.840. The molecule has 0 saturated carbocycles. The number of carbonyl (C=O) groups is 2. The van der Waals surface area contributed by atoms with Crippen molar-refractivity contribution in [3.8, 4) is 0 Å². The third kappa shape index (κ3) is 4.26. The second-order valence-corrected chi connectivity index (χ2v) is 11.1. The number of hydrogen-bond acceptors (Lipinski definition) is 5. The molecule has 0 bridgehead atoms. The normalized spacial score (nSPS) is 18.1. The molecule has 0 radical (unpaired) electrons. The SMILES string of the molecule is O=C1O[C@@]2(c3ccccc3)SC(=C(c3ccccc3)c3ccccc3)N(c3ccccc3)C(c3ccccc3)=C2C1=O. The van der Waals surface area contributed by atoms with Crippen molar-refractivity contribution in [1.29, 1.82) is 0 Å².